The minimum Gasteiger partial charge on any atom is -0.324 e. The van der Waals surface area contributed by atoms with Crippen LogP contribution in [0, 0.1) is 0 Å². The summed E-state index contributed by atoms with van der Waals surface area (Å²) in [6, 6.07) is 28.0. The molecule has 7 aromatic rings. The molecule has 3 aromatic heterocycles. The number of benzene rings is 4. The average molecular weight is 672 g/mol. The van der Waals surface area contributed by atoms with Crippen LogP contribution in [0.4, 0.5) is 0 Å². The second-order valence-electron chi connectivity index (χ2n) is 10.4. The molecule has 0 saturated heterocycles. The Bertz CT molecular complexity index is 2670. The maximum atomic E-state index is 12.7. The largest absolute Gasteiger partial charge is 0.324 e. The summed E-state index contributed by atoms with van der Waals surface area (Å²) in [6.45, 7) is 0. The molecule has 10 nitrogen and oxygen atoms in total. The van der Waals surface area contributed by atoms with Gasteiger partial charge in [0.25, 0.3) is 9.05 Å². The molecular formula is C32H17ClN8NiO2S. The SMILES string of the molecule is O=S(=O)(Cl)c1cccc2c3nc4nc(nc5[nH]c(nc6nc(nc([nH]3)c12)-c1ccccc1-6)c1ccccc51)-c1ccccc1-4.[Ni]. The summed E-state index contributed by atoms with van der Waals surface area (Å²) >= 11 is 0. The van der Waals surface area contributed by atoms with E-state index in [0.29, 0.717) is 51.0 Å². The Balaban J connectivity index is 0.00000300. The normalized spacial score (nSPS) is 12.1. The van der Waals surface area contributed by atoms with Gasteiger partial charge in [0.2, 0.25) is 0 Å². The summed E-state index contributed by atoms with van der Waals surface area (Å²) in [5, 5.41) is 2.58. The summed E-state index contributed by atoms with van der Waals surface area (Å²) in [5.74, 6) is 1.71. The first-order valence-electron chi connectivity index (χ1n) is 13.6. The number of aromatic nitrogens is 8. The number of H-pyrrole nitrogens is 2. The number of fused-ring (bicyclic) bond motifs is 20. The molecule has 2 aliphatic rings. The van der Waals surface area contributed by atoms with Crippen LogP contribution in [0.15, 0.2) is 95.9 Å². The minimum atomic E-state index is -4.14. The van der Waals surface area contributed by atoms with Gasteiger partial charge in [0.15, 0.2) is 23.3 Å². The number of nitrogens with zero attached hydrogens (tertiary/aromatic N) is 6. The third-order valence-corrected chi connectivity index (χ3v) is 9.17. The number of hydrogen-bond acceptors (Lipinski definition) is 8. The number of halogens is 1. The zero-order chi connectivity index (χ0) is 29.6. The molecule has 220 valence electrons. The first kappa shape index (κ1) is 27.5. The van der Waals surface area contributed by atoms with Gasteiger partial charge in [-0.2, -0.15) is 0 Å². The van der Waals surface area contributed by atoms with Gasteiger partial charge in [-0.05, 0) is 6.07 Å². The van der Waals surface area contributed by atoms with Crippen LogP contribution in [-0.4, -0.2) is 48.3 Å². The molecule has 2 N–H and O–H groups in total. The van der Waals surface area contributed by atoms with Crippen LogP contribution >= 0.6 is 10.7 Å². The van der Waals surface area contributed by atoms with Gasteiger partial charge in [0.1, 0.15) is 22.6 Å². The summed E-state index contributed by atoms with van der Waals surface area (Å²) in [5.41, 5.74) is 4.93. The van der Waals surface area contributed by atoms with E-state index in [2.05, 4.69) is 9.97 Å². The topological polar surface area (TPSA) is 143 Å². The van der Waals surface area contributed by atoms with Crippen molar-refractivity contribution in [3.63, 3.8) is 0 Å². The zero-order valence-electron chi connectivity index (χ0n) is 22.8. The average Bonchev–Trinajstić information content (AvgIpc) is 3.76. The van der Waals surface area contributed by atoms with Crippen LogP contribution in [-0.2, 0) is 25.5 Å². The third-order valence-electron chi connectivity index (χ3n) is 7.80. The fourth-order valence-electron chi connectivity index (χ4n) is 5.86. The molecular weight excluding hydrogens is 655 g/mol. The van der Waals surface area contributed by atoms with Gasteiger partial charge in [0.05, 0.1) is 4.90 Å². The molecule has 0 radical (unpaired) electrons. The van der Waals surface area contributed by atoms with E-state index in [9.17, 15) is 8.42 Å². The molecule has 5 heterocycles. The molecule has 0 amide bonds. The molecule has 9 rings (SSSR count). The van der Waals surface area contributed by atoms with Crippen molar-refractivity contribution < 1.29 is 24.9 Å². The smallest absolute Gasteiger partial charge is 0.262 e. The molecule has 0 atom stereocenters. The van der Waals surface area contributed by atoms with E-state index in [4.69, 9.17) is 40.6 Å². The summed E-state index contributed by atoms with van der Waals surface area (Å²) in [4.78, 5) is 35.9. The van der Waals surface area contributed by atoms with Crippen molar-refractivity contribution >= 4 is 63.9 Å². The van der Waals surface area contributed by atoms with Gasteiger partial charge in [-0.1, -0.05) is 84.9 Å². The second-order valence-corrected chi connectivity index (χ2v) is 12.9. The molecule has 2 aliphatic heterocycles. The molecule has 0 saturated carbocycles. The molecule has 0 unspecified atom stereocenters. The number of hydrogen-bond donors (Lipinski definition) is 2. The van der Waals surface area contributed by atoms with E-state index >= 15 is 0 Å². The minimum absolute atomic E-state index is 0. The quantitative estimate of drug-likeness (QED) is 0.143. The Kier molecular flexibility index (Phi) is 6.11. The van der Waals surface area contributed by atoms with Gasteiger partial charge >= 0.3 is 0 Å². The van der Waals surface area contributed by atoms with E-state index in [0.717, 1.165) is 33.0 Å². The predicted molar refractivity (Wildman–Crippen MR) is 169 cm³/mol. The molecule has 4 aromatic carbocycles. The molecule has 13 heteroatoms. The van der Waals surface area contributed by atoms with Crippen molar-refractivity contribution in [3.05, 3.63) is 91.0 Å². The van der Waals surface area contributed by atoms with Gasteiger partial charge in [-0.3, -0.25) is 0 Å². The zero-order valence-corrected chi connectivity index (χ0v) is 25.3. The Morgan fingerprint density at radius 3 is 1.31 bits per heavy atom. The van der Waals surface area contributed by atoms with Crippen LogP contribution in [0.1, 0.15) is 0 Å². The summed E-state index contributed by atoms with van der Waals surface area (Å²) in [6.07, 6.45) is 0. The van der Waals surface area contributed by atoms with E-state index in [1.807, 2.05) is 72.8 Å². The van der Waals surface area contributed by atoms with Gasteiger partial charge in [-0.25, -0.2) is 38.3 Å². The van der Waals surface area contributed by atoms with E-state index in [-0.39, 0.29) is 27.0 Å². The van der Waals surface area contributed by atoms with E-state index in [1.165, 1.54) is 6.07 Å². The maximum Gasteiger partial charge on any atom is 0.262 e. The molecule has 8 bridgehead atoms. The van der Waals surface area contributed by atoms with Crippen molar-refractivity contribution in [2.45, 2.75) is 4.90 Å². The van der Waals surface area contributed by atoms with Gasteiger partial charge in [0, 0.05) is 71.0 Å². The second kappa shape index (κ2) is 10.00. The summed E-state index contributed by atoms with van der Waals surface area (Å²) < 4.78 is 25.5. The monoisotopic (exact) mass is 670 g/mol. The maximum absolute atomic E-state index is 12.7. The van der Waals surface area contributed by atoms with Gasteiger partial charge in [-0.15, -0.1) is 0 Å². The fourth-order valence-corrected chi connectivity index (χ4v) is 6.94. The molecule has 0 aliphatic carbocycles. The van der Waals surface area contributed by atoms with Crippen LogP contribution < -0.4 is 0 Å². The van der Waals surface area contributed by atoms with Crippen LogP contribution in [0.25, 0.3) is 89.7 Å². The number of aromatic amines is 2. The van der Waals surface area contributed by atoms with Crippen molar-refractivity contribution in [2.75, 3.05) is 0 Å². The Morgan fingerprint density at radius 2 is 0.844 bits per heavy atom. The predicted octanol–water partition coefficient (Wildman–Crippen LogP) is 6.79. The number of nitrogens with one attached hydrogen (secondary N) is 2. The van der Waals surface area contributed by atoms with Crippen molar-refractivity contribution in [3.8, 4) is 45.6 Å². The van der Waals surface area contributed by atoms with Crippen molar-refractivity contribution in [2.24, 2.45) is 0 Å². The van der Waals surface area contributed by atoms with E-state index < -0.39 is 9.05 Å². The Morgan fingerprint density at radius 1 is 0.467 bits per heavy atom. The first-order chi connectivity index (χ1) is 21.4. The molecule has 0 spiro atoms. The van der Waals surface area contributed by atoms with Crippen molar-refractivity contribution in [1.82, 2.24) is 39.9 Å². The number of rotatable bonds is 1. The fraction of sp³-hybridized carbons (Fsp3) is 0. The third kappa shape index (κ3) is 4.25. The van der Waals surface area contributed by atoms with Gasteiger partial charge < -0.3 is 9.97 Å². The standard InChI is InChI=1S/C32H17ClN8O2S.Ni/c33-44(42,43)23-15-7-14-22-24(23)32-40-30-21-13-6-5-12-20(21)28(38-30)36-26-17-9-2-1-8-16(17)25(34-26)35-27-18-10-3-4-11-19(18)29(37-27)39-31(22)41-32;/h1-15H,(H2,34,35,36,37,38,39,40,41);. The first-order valence-corrected chi connectivity index (χ1v) is 15.9. The van der Waals surface area contributed by atoms with Crippen LogP contribution in [0.2, 0.25) is 0 Å². The van der Waals surface area contributed by atoms with Crippen LogP contribution in [0.3, 0.4) is 0 Å². The molecule has 45 heavy (non-hydrogen) atoms. The molecule has 0 fully saturated rings. The Hall–Kier alpha value is -5.03. The van der Waals surface area contributed by atoms with Crippen LogP contribution in [0.5, 0.6) is 0 Å². The Labute approximate surface area is 269 Å². The summed E-state index contributed by atoms with van der Waals surface area (Å²) in [7, 11) is 1.78. The van der Waals surface area contributed by atoms with Crippen molar-refractivity contribution in [1.29, 1.82) is 0 Å². The van der Waals surface area contributed by atoms with E-state index in [1.54, 1.807) is 12.1 Å².